The highest BCUT2D eigenvalue weighted by Gasteiger charge is 2.24. The van der Waals surface area contributed by atoms with Crippen LogP contribution in [0.4, 0.5) is 9.59 Å². The number of hydrogen-bond acceptors (Lipinski definition) is 5. The van der Waals surface area contributed by atoms with Gasteiger partial charge in [0.2, 0.25) is 0 Å². The summed E-state index contributed by atoms with van der Waals surface area (Å²) >= 11 is 0. The van der Waals surface area contributed by atoms with Gasteiger partial charge in [-0.1, -0.05) is 0 Å². The molecule has 0 aromatic rings. The lowest BCUT2D eigenvalue weighted by molar-refractivity contribution is 0.0505. The molecule has 0 spiro atoms. The molecular formula is C16H31N3O4. The van der Waals surface area contributed by atoms with Crippen LogP contribution < -0.4 is 10.6 Å². The summed E-state index contributed by atoms with van der Waals surface area (Å²) in [6.45, 7) is 11.7. The SMILES string of the molecule is CCOC(=O)N1CCC(NCC(C)NC(=O)OC(C)(C)C)CC1. The molecule has 0 radical (unpaired) electrons. The molecule has 1 saturated heterocycles. The zero-order valence-corrected chi connectivity index (χ0v) is 15.0. The normalized spacial score (nSPS) is 17.5. The molecule has 0 bridgehead atoms. The smallest absolute Gasteiger partial charge is 0.409 e. The minimum absolute atomic E-state index is 0.0204. The maximum atomic E-state index is 11.7. The third-order valence-corrected chi connectivity index (χ3v) is 3.50. The first-order chi connectivity index (χ1) is 10.7. The average molecular weight is 329 g/mol. The first-order valence-electron chi connectivity index (χ1n) is 8.36. The Morgan fingerprint density at radius 1 is 1.26 bits per heavy atom. The summed E-state index contributed by atoms with van der Waals surface area (Å²) in [5, 5.41) is 6.24. The second-order valence-electron chi connectivity index (χ2n) is 6.92. The second kappa shape index (κ2) is 8.96. The van der Waals surface area contributed by atoms with Gasteiger partial charge in [-0.15, -0.1) is 0 Å². The number of piperidine rings is 1. The number of nitrogens with zero attached hydrogens (tertiary/aromatic N) is 1. The summed E-state index contributed by atoms with van der Waals surface area (Å²) in [6.07, 6.45) is 1.14. The van der Waals surface area contributed by atoms with Gasteiger partial charge in [-0.2, -0.15) is 0 Å². The highest BCUT2D eigenvalue weighted by atomic mass is 16.6. The molecule has 1 fully saturated rings. The lowest BCUT2D eigenvalue weighted by Gasteiger charge is -2.32. The number of carbonyl (C=O) groups excluding carboxylic acids is 2. The molecule has 7 heteroatoms. The number of nitrogens with one attached hydrogen (secondary N) is 2. The van der Waals surface area contributed by atoms with E-state index in [0.29, 0.717) is 32.3 Å². The Kier molecular flexibility index (Phi) is 7.61. The van der Waals surface area contributed by atoms with Crippen LogP contribution in [0, 0.1) is 0 Å². The lowest BCUT2D eigenvalue weighted by Crippen LogP contribution is -2.49. The van der Waals surface area contributed by atoms with Crippen LogP contribution in [0.25, 0.3) is 0 Å². The van der Waals surface area contributed by atoms with E-state index in [9.17, 15) is 9.59 Å². The number of carbonyl (C=O) groups is 2. The molecule has 134 valence electrons. The number of likely N-dealkylation sites (tertiary alicyclic amines) is 1. The van der Waals surface area contributed by atoms with E-state index in [1.54, 1.807) is 4.90 Å². The largest absolute Gasteiger partial charge is 0.450 e. The van der Waals surface area contributed by atoms with E-state index in [2.05, 4.69) is 10.6 Å². The van der Waals surface area contributed by atoms with Gasteiger partial charge in [0.05, 0.1) is 6.61 Å². The number of ether oxygens (including phenoxy) is 2. The Hall–Kier alpha value is -1.50. The van der Waals surface area contributed by atoms with Crippen molar-refractivity contribution in [2.75, 3.05) is 26.2 Å². The standard InChI is InChI=1S/C16H31N3O4/c1-6-22-15(21)19-9-7-13(8-10-19)17-11-12(2)18-14(20)23-16(3,4)5/h12-13,17H,6-11H2,1-5H3,(H,18,20). The van der Waals surface area contributed by atoms with E-state index in [1.165, 1.54) is 0 Å². The van der Waals surface area contributed by atoms with Crippen molar-refractivity contribution in [2.24, 2.45) is 0 Å². The van der Waals surface area contributed by atoms with Crippen LogP contribution in [0.2, 0.25) is 0 Å². The molecule has 1 aliphatic rings. The van der Waals surface area contributed by atoms with Gasteiger partial charge in [-0.25, -0.2) is 9.59 Å². The molecule has 0 aliphatic carbocycles. The first kappa shape index (κ1) is 19.5. The van der Waals surface area contributed by atoms with Gasteiger partial charge in [-0.3, -0.25) is 0 Å². The number of alkyl carbamates (subject to hydrolysis) is 1. The summed E-state index contributed by atoms with van der Waals surface area (Å²) in [4.78, 5) is 25.0. The fourth-order valence-electron chi connectivity index (χ4n) is 2.38. The molecule has 0 aromatic carbocycles. The Labute approximate surface area is 139 Å². The monoisotopic (exact) mass is 329 g/mol. The number of rotatable bonds is 5. The fraction of sp³-hybridized carbons (Fsp3) is 0.875. The van der Waals surface area contributed by atoms with Crippen molar-refractivity contribution in [3.05, 3.63) is 0 Å². The average Bonchev–Trinajstić information content (AvgIpc) is 2.43. The van der Waals surface area contributed by atoms with Crippen LogP contribution in [-0.2, 0) is 9.47 Å². The topological polar surface area (TPSA) is 79.9 Å². The quantitative estimate of drug-likeness (QED) is 0.807. The van der Waals surface area contributed by atoms with Gasteiger partial charge in [0.25, 0.3) is 0 Å². The minimum atomic E-state index is -0.489. The molecular weight excluding hydrogens is 298 g/mol. The highest BCUT2D eigenvalue weighted by molar-refractivity contribution is 5.68. The second-order valence-corrected chi connectivity index (χ2v) is 6.92. The maximum Gasteiger partial charge on any atom is 0.409 e. The van der Waals surface area contributed by atoms with Crippen molar-refractivity contribution in [3.63, 3.8) is 0 Å². The Balaban J connectivity index is 2.21. The predicted molar refractivity (Wildman–Crippen MR) is 88.5 cm³/mol. The summed E-state index contributed by atoms with van der Waals surface area (Å²) in [6, 6.07) is 0.330. The molecule has 2 N–H and O–H groups in total. The van der Waals surface area contributed by atoms with Crippen molar-refractivity contribution in [3.8, 4) is 0 Å². The molecule has 2 amide bonds. The summed E-state index contributed by atoms with van der Waals surface area (Å²) in [5.41, 5.74) is -0.489. The van der Waals surface area contributed by atoms with E-state index >= 15 is 0 Å². The van der Waals surface area contributed by atoms with Gasteiger partial charge >= 0.3 is 12.2 Å². The van der Waals surface area contributed by atoms with Crippen LogP contribution in [0.1, 0.15) is 47.5 Å². The van der Waals surface area contributed by atoms with E-state index < -0.39 is 11.7 Å². The van der Waals surface area contributed by atoms with Gasteiger partial charge in [0.1, 0.15) is 5.60 Å². The molecule has 1 aliphatic heterocycles. The first-order valence-corrected chi connectivity index (χ1v) is 8.36. The fourth-order valence-corrected chi connectivity index (χ4v) is 2.38. The van der Waals surface area contributed by atoms with Crippen molar-refractivity contribution in [1.82, 2.24) is 15.5 Å². The van der Waals surface area contributed by atoms with Crippen LogP contribution in [0.15, 0.2) is 0 Å². The predicted octanol–water partition coefficient (Wildman–Crippen LogP) is 2.11. The maximum absolute atomic E-state index is 11.7. The van der Waals surface area contributed by atoms with E-state index in [1.807, 2.05) is 34.6 Å². The molecule has 0 aromatic heterocycles. The minimum Gasteiger partial charge on any atom is -0.450 e. The van der Waals surface area contributed by atoms with Crippen LogP contribution in [0.3, 0.4) is 0 Å². The molecule has 23 heavy (non-hydrogen) atoms. The van der Waals surface area contributed by atoms with Crippen molar-refractivity contribution in [1.29, 1.82) is 0 Å². The summed E-state index contributed by atoms with van der Waals surface area (Å²) in [5.74, 6) is 0. The molecule has 0 saturated carbocycles. The molecule has 1 rings (SSSR count). The van der Waals surface area contributed by atoms with E-state index in [-0.39, 0.29) is 12.1 Å². The van der Waals surface area contributed by atoms with Gasteiger partial charge in [-0.05, 0) is 47.5 Å². The van der Waals surface area contributed by atoms with Gasteiger partial charge in [0, 0.05) is 31.7 Å². The Morgan fingerprint density at radius 3 is 2.39 bits per heavy atom. The Morgan fingerprint density at radius 2 is 1.87 bits per heavy atom. The summed E-state index contributed by atoms with van der Waals surface area (Å²) < 4.78 is 10.2. The zero-order chi connectivity index (χ0) is 17.5. The highest BCUT2D eigenvalue weighted by Crippen LogP contribution is 2.11. The molecule has 7 nitrogen and oxygen atoms in total. The zero-order valence-electron chi connectivity index (χ0n) is 15.0. The lowest BCUT2D eigenvalue weighted by atomic mass is 10.1. The Bertz CT molecular complexity index is 387. The van der Waals surface area contributed by atoms with Crippen LogP contribution >= 0.6 is 0 Å². The molecule has 1 heterocycles. The van der Waals surface area contributed by atoms with Gasteiger partial charge < -0.3 is 25.0 Å². The van der Waals surface area contributed by atoms with E-state index in [4.69, 9.17) is 9.47 Å². The third kappa shape index (κ3) is 8.06. The summed E-state index contributed by atoms with van der Waals surface area (Å²) in [7, 11) is 0. The number of hydrogen-bond donors (Lipinski definition) is 2. The van der Waals surface area contributed by atoms with Crippen LogP contribution in [0.5, 0.6) is 0 Å². The molecule has 1 unspecified atom stereocenters. The van der Waals surface area contributed by atoms with Crippen molar-refractivity contribution in [2.45, 2.75) is 65.1 Å². The third-order valence-electron chi connectivity index (χ3n) is 3.50. The van der Waals surface area contributed by atoms with Crippen molar-refractivity contribution >= 4 is 12.2 Å². The van der Waals surface area contributed by atoms with Crippen molar-refractivity contribution < 1.29 is 19.1 Å². The number of amides is 2. The van der Waals surface area contributed by atoms with Gasteiger partial charge in [0.15, 0.2) is 0 Å². The molecule has 1 atom stereocenters. The van der Waals surface area contributed by atoms with Crippen LogP contribution in [-0.4, -0.2) is 61.0 Å². The van der Waals surface area contributed by atoms with E-state index in [0.717, 1.165) is 12.8 Å².